The lowest BCUT2D eigenvalue weighted by Gasteiger charge is -2.12. The first-order valence-corrected chi connectivity index (χ1v) is 6.39. The maximum absolute atomic E-state index is 9.22. The summed E-state index contributed by atoms with van der Waals surface area (Å²) in [5.74, 6) is 1.42. The second-order valence-corrected chi connectivity index (χ2v) is 4.62. The van der Waals surface area contributed by atoms with E-state index in [0.717, 1.165) is 11.1 Å². The van der Waals surface area contributed by atoms with Crippen LogP contribution in [0.4, 0.5) is 0 Å². The molecule has 0 atom stereocenters. The van der Waals surface area contributed by atoms with E-state index in [0.29, 0.717) is 23.1 Å². The normalized spacial score (nSPS) is 10.1. The molecule has 2 rings (SSSR count). The summed E-state index contributed by atoms with van der Waals surface area (Å²) in [5.41, 5.74) is 7.26. The fraction of sp³-hybridized carbons (Fsp3) is 0.133. The third-order valence-electron chi connectivity index (χ3n) is 2.78. The number of ether oxygens (including phenoxy) is 2. The predicted molar refractivity (Wildman–Crippen MR) is 81.3 cm³/mol. The average molecular weight is 289 g/mol. The standard InChI is InChI=1S/C15H15NO3S/c1-18-14-8-11(15(16)20)4-7-13(14)19-9-10-2-5-12(17)6-3-10/h2-8,17H,9H2,1H3,(H2,16,20). The van der Waals surface area contributed by atoms with Crippen LogP contribution in [0.2, 0.25) is 0 Å². The second kappa shape index (κ2) is 6.25. The lowest BCUT2D eigenvalue weighted by Crippen LogP contribution is -2.09. The molecule has 0 unspecified atom stereocenters. The molecule has 5 heteroatoms. The fourth-order valence-corrected chi connectivity index (χ4v) is 1.82. The zero-order chi connectivity index (χ0) is 14.5. The molecule has 20 heavy (non-hydrogen) atoms. The van der Waals surface area contributed by atoms with Gasteiger partial charge in [0.25, 0.3) is 0 Å². The molecule has 0 fully saturated rings. The summed E-state index contributed by atoms with van der Waals surface area (Å²) in [5, 5.41) is 9.22. The van der Waals surface area contributed by atoms with Crippen molar-refractivity contribution < 1.29 is 14.6 Å². The Kier molecular flexibility index (Phi) is 4.42. The molecule has 0 aliphatic rings. The van der Waals surface area contributed by atoms with Gasteiger partial charge in [0.05, 0.1) is 7.11 Å². The predicted octanol–water partition coefficient (Wildman–Crippen LogP) is 2.61. The molecule has 0 aliphatic carbocycles. The maximum atomic E-state index is 9.22. The van der Waals surface area contributed by atoms with Crippen molar-refractivity contribution >= 4 is 17.2 Å². The first-order chi connectivity index (χ1) is 9.60. The number of phenols is 1. The van der Waals surface area contributed by atoms with Gasteiger partial charge in [0.1, 0.15) is 17.3 Å². The zero-order valence-electron chi connectivity index (χ0n) is 11.0. The van der Waals surface area contributed by atoms with Gasteiger partial charge in [0.2, 0.25) is 0 Å². The minimum Gasteiger partial charge on any atom is -0.508 e. The van der Waals surface area contributed by atoms with Gasteiger partial charge in [-0.25, -0.2) is 0 Å². The van der Waals surface area contributed by atoms with E-state index >= 15 is 0 Å². The number of methoxy groups -OCH3 is 1. The van der Waals surface area contributed by atoms with E-state index in [1.54, 1.807) is 49.6 Å². The van der Waals surface area contributed by atoms with Crippen molar-refractivity contribution in [1.29, 1.82) is 0 Å². The summed E-state index contributed by atoms with van der Waals surface area (Å²) in [7, 11) is 1.56. The van der Waals surface area contributed by atoms with Crippen LogP contribution in [0, 0.1) is 0 Å². The number of benzene rings is 2. The van der Waals surface area contributed by atoms with Crippen LogP contribution in [-0.4, -0.2) is 17.2 Å². The number of nitrogens with two attached hydrogens (primary N) is 1. The topological polar surface area (TPSA) is 64.7 Å². The van der Waals surface area contributed by atoms with Crippen LogP contribution in [0.5, 0.6) is 17.2 Å². The Labute approximate surface area is 122 Å². The molecule has 0 saturated carbocycles. The monoisotopic (exact) mass is 289 g/mol. The first-order valence-electron chi connectivity index (χ1n) is 5.98. The highest BCUT2D eigenvalue weighted by Crippen LogP contribution is 2.29. The number of thiocarbonyl (C=S) groups is 1. The molecule has 0 bridgehead atoms. The molecule has 0 aromatic heterocycles. The van der Waals surface area contributed by atoms with E-state index in [4.69, 9.17) is 27.4 Å². The minimum absolute atomic E-state index is 0.229. The van der Waals surface area contributed by atoms with E-state index in [1.165, 1.54) is 0 Å². The molecule has 2 aromatic carbocycles. The Morgan fingerprint density at radius 2 is 1.85 bits per heavy atom. The summed E-state index contributed by atoms with van der Waals surface area (Å²) in [4.78, 5) is 0.313. The molecule has 2 aromatic rings. The third kappa shape index (κ3) is 3.39. The number of hydrogen-bond donors (Lipinski definition) is 2. The minimum atomic E-state index is 0.229. The zero-order valence-corrected chi connectivity index (χ0v) is 11.8. The molecular weight excluding hydrogens is 274 g/mol. The van der Waals surface area contributed by atoms with E-state index in [9.17, 15) is 5.11 Å². The van der Waals surface area contributed by atoms with Crippen LogP contribution >= 0.6 is 12.2 Å². The molecule has 0 heterocycles. The fourth-order valence-electron chi connectivity index (χ4n) is 1.69. The first kappa shape index (κ1) is 14.1. The Hall–Kier alpha value is -2.27. The lowest BCUT2D eigenvalue weighted by molar-refractivity contribution is 0.284. The molecule has 4 nitrogen and oxygen atoms in total. The van der Waals surface area contributed by atoms with Crippen molar-refractivity contribution in [3.63, 3.8) is 0 Å². The van der Waals surface area contributed by atoms with Crippen molar-refractivity contribution in [3.8, 4) is 17.2 Å². The Balaban J connectivity index is 2.12. The van der Waals surface area contributed by atoms with Crippen molar-refractivity contribution in [1.82, 2.24) is 0 Å². The summed E-state index contributed by atoms with van der Waals surface area (Å²) in [6, 6.07) is 12.1. The van der Waals surface area contributed by atoms with Crippen molar-refractivity contribution in [3.05, 3.63) is 53.6 Å². The van der Waals surface area contributed by atoms with Crippen LogP contribution in [0.3, 0.4) is 0 Å². The van der Waals surface area contributed by atoms with Crippen LogP contribution in [-0.2, 0) is 6.61 Å². The van der Waals surface area contributed by atoms with Gasteiger partial charge in [0, 0.05) is 5.56 Å². The van der Waals surface area contributed by atoms with Crippen molar-refractivity contribution in [2.24, 2.45) is 5.73 Å². The highest BCUT2D eigenvalue weighted by atomic mass is 32.1. The molecule has 0 amide bonds. The number of aromatic hydroxyl groups is 1. The van der Waals surface area contributed by atoms with Gasteiger partial charge >= 0.3 is 0 Å². The van der Waals surface area contributed by atoms with Gasteiger partial charge < -0.3 is 20.3 Å². The van der Waals surface area contributed by atoms with Gasteiger partial charge in [-0.1, -0.05) is 24.4 Å². The SMILES string of the molecule is COc1cc(C(N)=S)ccc1OCc1ccc(O)cc1. The molecule has 0 radical (unpaired) electrons. The molecule has 0 aliphatic heterocycles. The molecule has 104 valence electrons. The van der Waals surface area contributed by atoms with Gasteiger partial charge in [-0.3, -0.25) is 0 Å². The molecule has 0 spiro atoms. The van der Waals surface area contributed by atoms with Gasteiger partial charge in [-0.15, -0.1) is 0 Å². The van der Waals surface area contributed by atoms with Crippen molar-refractivity contribution in [2.75, 3.05) is 7.11 Å². The Morgan fingerprint density at radius 3 is 2.45 bits per heavy atom. The summed E-state index contributed by atoms with van der Waals surface area (Å²) in [6.07, 6.45) is 0. The summed E-state index contributed by atoms with van der Waals surface area (Å²) >= 11 is 4.92. The van der Waals surface area contributed by atoms with Crippen LogP contribution < -0.4 is 15.2 Å². The Morgan fingerprint density at radius 1 is 1.15 bits per heavy atom. The van der Waals surface area contributed by atoms with E-state index in [-0.39, 0.29) is 5.75 Å². The van der Waals surface area contributed by atoms with Crippen LogP contribution in [0.15, 0.2) is 42.5 Å². The number of rotatable bonds is 5. The highest BCUT2D eigenvalue weighted by Gasteiger charge is 2.07. The van der Waals surface area contributed by atoms with E-state index in [1.807, 2.05) is 0 Å². The maximum Gasteiger partial charge on any atom is 0.161 e. The summed E-state index contributed by atoms with van der Waals surface area (Å²) in [6.45, 7) is 0.378. The van der Waals surface area contributed by atoms with Crippen LogP contribution in [0.25, 0.3) is 0 Å². The highest BCUT2D eigenvalue weighted by molar-refractivity contribution is 7.80. The molecular formula is C15H15NO3S. The van der Waals surface area contributed by atoms with E-state index in [2.05, 4.69) is 0 Å². The smallest absolute Gasteiger partial charge is 0.161 e. The largest absolute Gasteiger partial charge is 0.508 e. The van der Waals surface area contributed by atoms with Gasteiger partial charge in [-0.05, 0) is 35.9 Å². The summed E-state index contributed by atoms with van der Waals surface area (Å²) < 4.78 is 11.0. The number of hydrogen-bond acceptors (Lipinski definition) is 4. The number of phenolic OH excluding ortho intramolecular Hbond substituents is 1. The van der Waals surface area contributed by atoms with Gasteiger partial charge in [0.15, 0.2) is 11.5 Å². The van der Waals surface area contributed by atoms with E-state index < -0.39 is 0 Å². The van der Waals surface area contributed by atoms with Gasteiger partial charge in [-0.2, -0.15) is 0 Å². The quantitative estimate of drug-likeness (QED) is 0.828. The Bertz CT molecular complexity index is 611. The second-order valence-electron chi connectivity index (χ2n) is 4.19. The molecule has 3 N–H and O–H groups in total. The van der Waals surface area contributed by atoms with Crippen LogP contribution in [0.1, 0.15) is 11.1 Å². The molecule has 0 saturated heterocycles. The lowest BCUT2D eigenvalue weighted by atomic mass is 10.2. The average Bonchev–Trinajstić information content (AvgIpc) is 2.46. The third-order valence-corrected chi connectivity index (χ3v) is 3.01. The van der Waals surface area contributed by atoms with Crippen molar-refractivity contribution in [2.45, 2.75) is 6.61 Å².